The zero-order valence-corrected chi connectivity index (χ0v) is 11.3. The maximum atomic E-state index is 12.7. The van der Waals surface area contributed by atoms with Crippen molar-refractivity contribution < 1.29 is 17.9 Å². The smallest absolute Gasteiger partial charge is 0.376 e. The third kappa shape index (κ3) is 3.12. The van der Waals surface area contributed by atoms with Crippen molar-refractivity contribution in [3.8, 4) is 0 Å². The van der Waals surface area contributed by atoms with Crippen molar-refractivity contribution in [3.63, 3.8) is 0 Å². The molecule has 1 aliphatic heterocycles. The molecule has 1 saturated heterocycles. The van der Waals surface area contributed by atoms with E-state index in [2.05, 4.69) is 4.98 Å². The molecule has 2 unspecified atom stereocenters. The summed E-state index contributed by atoms with van der Waals surface area (Å²) in [4.78, 5) is 5.66. The summed E-state index contributed by atoms with van der Waals surface area (Å²) in [6.45, 7) is 2.49. The van der Waals surface area contributed by atoms with E-state index in [1.165, 1.54) is 0 Å². The Labute approximate surface area is 114 Å². The van der Waals surface area contributed by atoms with Crippen LogP contribution in [0.4, 0.5) is 19.0 Å². The van der Waals surface area contributed by atoms with Crippen LogP contribution in [0.5, 0.6) is 0 Å². The molecule has 2 atom stereocenters. The van der Waals surface area contributed by atoms with Crippen molar-refractivity contribution in [2.24, 2.45) is 0 Å². The molecule has 0 radical (unpaired) electrons. The largest absolute Gasteiger partial charge is 0.416 e. The van der Waals surface area contributed by atoms with Gasteiger partial charge in [0, 0.05) is 13.7 Å². The Bertz CT molecular complexity index is 467. The van der Waals surface area contributed by atoms with Gasteiger partial charge in [-0.2, -0.15) is 13.2 Å². The molecular weight excluding hydrogens is 281 g/mol. The number of halogens is 4. The molecule has 1 aromatic rings. The molecule has 0 bridgehead atoms. The summed E-state index contributed by atoms with van der Waals surface area (Å²) in [5, 5.41) is -0.164. The summed E-state index contributed by atoms with van der Waals surface area (Å²) < 4.78 is 43.6. The van der Waals surface area contributed by atoms with Gasteiger partial charge in [-0.05, 0) is 25.5 Å². The number of ether oxygens (including phenoxy) is 1. The Morgan fingerprint density at radius 1 is 1.42 bits per heavy atom. The summed E-state index contributed by atoms with van der Waals surface area (Å²) in [7, 11) is 1.70. The van der Waals surface area contributed by atoms with Crippen molar-refractivity contribution >= 4 is 17.4 Å². The third-order valence-corrected chi connectivity index (χ3v) is 3.50. The molecule has 2 rings (SSSR count). The lowest BCUT2D eigenvalue weighted by molar-refractivity contribution is -0.137. The van der Waals surface area contributed by atoms with Gasteiger partial charge in [0.2, 0.25) is 0 Å². The van der Waals surface area contributed by atoms with Gasteiger partial charge < -0.3 is 9.64 Å². The second kappa shape index (κ2) is 5.17. The van der Waals surface area contributed by atoms with Crippen LogP contribution in [-0.2, 0) is 10.9 Å². The number of likely N-dealkylation sites (N-methyl/N-ethyl adjacent to an activating group) is 1. The van der Waals surface area contributed by atoms with Crippen molar-refractivity contribution in [1.82, 2.24) is 4.98 Å². The summed E-state index contributed by atoms with van der Waals surface area (Å²) in [6, 6.07) is 1.84. The van der Waals surface area contributed by atoms with Crippen LogP contribution < -0.4 is 4.90 Å². The Kier molecular flexibility index (Phi) is 3.92. The van der Waals surface area contributed by atoms with Crippen LogP contribution in [0.1, 0.15) is 18.9 Å². The quantitative estimate of drug-likeness (QED) is 0.782. The van der Waals surface area contributed by atoms with Gasteiger partial charge in [0.05, 0.1) is 17.7 Å². The average Bonchev–Trinajstić information content (AvgIpc) is 2.72. The number of nitrogens with zero attached hydrogens (tertiary/aromatic N) is 2. The standard InChI is InChI=1S/C12H14ClF3N2O/c1-7-9(3-4-19-7)18(2)11-6-8(12(14,15)16)5-10(13)17-11/h5-7,9H,3-4H2,1-2H3. The maximum Gasteiger partial charge on any atom is 0.416 e. The van der Waals surface area contributed by atoms with Crippen LogP contribution in [0.2, 0.25) is 5.15 Å². The number of hydrogen-bond donors (Lipinski definition) is 0. The fraction of sp³-hybridized carbons (Fsp3) is 0.583. The summed E-state index contributed by atoms with van der Waals surface area (Å²) >= 11 is 5.67. The number of rotatable bonds is 2. The highest BCUT2D eigenvalue weighted by Crippen LogP contribution is 2.33. The lowest BCUT2D eigenvalue weighted by Gasteiger charge is -2.28. The molecule has 0 N–H and O–H groups in total. The predicted octanol–water partition coefficient (Wildman–Crippen LogP) is 3.37. The number of hydrogen-bond acceptors (Lipinski definition) is 3. The van der Waals surface area contributed by atoms with E-state index in [1.54, 1.807) is 11.9 Å². The topological polar surface area (TPSA) is 25.4 Å². The first-order valence-electron chi connectivity index (χ1n) is 5.88. The Hall–Kier alpha value is -1.01. The minimum atomic E-state index is -4.43. The van der Waals surface area contributed by atoms with Gasteiger partial charge in [0.15, 0.2) is 0 Å². The van der Waals surface area contributed by atoms with Crippen LogP contribution in [-0.4, -0.2) is 30.8 Å². The van der Waals surface area contributed by atoms with Crippen LogP contribution in [0, 0.1) is 0 Å². The van der Waals surface area contributed by atoms with Crippen LogP contribution in [0.15, 0.2) is 12.1 Å². The lowest BCUT2D eigenvalue weighted by Crippen LogP contribution is -2.37. The van der Waals surface area contributed by atoms with Crippen molar-refractivity contribution in [1.29, 1.82) is 0 Å². The van der Waals surface area contributed by atoms with E-state index in [1.807, 2.05) is 6.92 Å². The number of alkyl halides is 3. The maximum absolute atomic E-state index is 12.7. The fourth-order valence-corrected chi connectivity index (χ4v) is 2.43. The molecule has 0 aromatic carbocycles. The highest BCUT2D eigenvalue weighted by molar-refractivity contribution is 6.29. The zero-order chi connectivity index (χ0) is 14.2. The number of pyridine rings is 1. The molecule has 0 saturated carbocycles. The minimum absolute atomic E-state index is 0.00653. The van der Waals surface area contributed by atoms with Crippen molar-refractivity contribution in [2.75, 3.05) is 18.6 Å². The third-order valence-electron chi connectivity index (χ3n) is 3.30. The van der Waals surface area contributed by atoms with Gasteiger partial charge in [-0.25, -0.2) is 4.98 Å². The molecule has 19 heavy (non-hydrogen) atoms. The molecule has 2 heterocycles. The van der Waals surface area contributed by atoms with Gasteiger partial charge in [-0.15, -0.1) is 0 Å². The molecule has 1 aromatic heterocycles. The van der Waals surface area contributed by atoms with E-state index in [0.29, 0.717) is 6.61 Å². The molecule has 1 aliphatic rings. The second-order valence-electron chi connectivity index (χ2n) is 4.58. The van der Waals surface area contributed by atoms with E-state index in [0.717, 1.165) is 18.6 Å². The Morgan fingerprint density at radius 2 is 2.11 bits per heavy atom. The van der Waals surface area contributed by atoms with Gasteiger partial charge in [-0.1, -0.05) is 11.6 Å². The van der Waals surface area contributed by atoms with E-state index < -0.39 is 11.7 Å². The van der Waals surface area contributed by atoms with Gasteiger partial charge in [0.1, 0.15) is 11.0 Å². The summed E-state index contributed by atoms with van der Waals surface area (Å²) in [5.41, 5.74) is -0.791. The molecule has 7 heteroatoms. The van der Waals surface area contributed by atoms with Gasteiger partial charge in [0.25, 0.3) is 0 Å². The van der Waals surface area contributed by atoms with Crippen LogP contribution >= 0.6 is 11.6 Å². The first-order valence-corrected chi connectivity index (χ1v) is 6.26. The molecule has 0 aliphatic carbocycles. The van der Waals surface area contributed by atoms with E-state index in [-0.39, 0.29) is 23.1 Å². The zero-order valence-electron chi connectivity index (χ0n) is 10.5. The number of anilines is 1. The molecule has 3 nitrogen and oxygen atoms in total. The normalized spacial score (nSPS) is 23.7. The highest BCUT2D eigenvalue weighted by Gasteiger charge is 2.34. The monoisotopic (exact) mass is 294 g/mol. The Balaban J connectivity index is 2.31. The second-order valence-corrected chi connectivity index (χ2v) is 4.96. The van der Waals surface area contributed by atoms with E-state index >= 15 is 0 Å². The van der Waals surface area contributed by atoms with Crippen molar-refractivity contribution in [3.05, 3.63) is 22.8 Å². The molecule has 1 fully saturated rings. The highest BCUT2D eigenvalue weighted by atomic mass is 35.5. The average molecular weight is 295 g/mol. The molecule has 106 valence electrons. The van der Waals surface area contributed by atoms with Crippen molar-refractivity contribution in [2.45, 2.75) is 31.7 Å². The molecule has 0 amide bonds. The van der Waals surface area contributed by atoms with E-state index in [4.69, 9.17) is 16.3 Å². The summed E-state index contributed by atoms with van der Waals surface area (Å²) in [6.07, 6.45) is -3.71. The van der Waals surface area contributed by atoms with E-state index in [9.17, 15) is 13.2 Å². The first kappa shape index (κ1) is 14.4. The molecule has 0 spiro atoms. The molecular formula is C12H14ClF3N2O. The summed E-state index contributed by atoms with van der Waals surface area (Å²) in [5.74, 6) is 0.210. The Morgan fingerprint density at radius 3 is 2.63 bits per heavy atom. The van der Waals surface area contributed by atoms with Gasteiger partial charge in [-0.3, -0.25) is 0 Å². The predicted molar refractivity (Wildman–Crippen MR) is 66.5 cm³/mol. The van der Waals surface area contributed by atoms with Crippen LogP contribution in [0.3, 0.4) is 0 Å². The van der Waals surface area contributed by atoms with Crippen LogP contribution in [0.25, 0.3) is 0 Å². The SMILES string of the molecule is CC1OCCC1N(C)c1cc(C(F)(F)F)cc(Cl)n1. The lowest BCUT2D eigenvalue weighted by atomic mass is 10.1. The number of aromatic nitrogens is 1. The van der Waals surface area contributed by atoms with Gasteiger partial charge >= 0.3 is 6.18 Å². The first-order chi connectivity index (χ1) is 8.79. The fourth-order valence-electron chi connectivity index (χ4n) is 2.23. The minimum Gasteiger partial charge on any atom is -0.376 e.